The van der Waals surface area contributed by atoms with Gasteiger partial charge in [0.2, 0.25) is 0 Å². The molecular formula is C20H23NO4. The molecule has 0 heterocycles. The molecule has 2 N–H and O–H groups in total. The molecule has 2 aromatic rings. The monoisotopic (exact) mass is 341 g/mol. The molecule has 5 nitrogen and oxygen atoms in total. The number of carboxylic acid groups (broad SMARTS) is 1. The summed E-state index contributed by atoms with van der Waals surface area (Å²) in [6.07, 6.45) is 0.490. The molecule has 0 saturated heterocycles. The van der Waals surface area contributed by atoms with Crippen molar-refractivity contribution in [1.29, 1.82) is 0 Å². The summed E-state index contributed by atoms with van der Waals surface area (Å²) in [4.78, 5) is 22.7. The van der Waals surface area contributed by atoms with Crippen molar-refractivity contribution in [2.75, 3.05) is 11.9 Å². The van der Waals surface area contributed by atoms with Gasteiger partial charge >= 0.3 is 5.97 Å². The van der Waals surface area contributed by atoms with Crippen molar-refractivity contribution >= 4 is 17.6 Å². The number of carbonyl (C=O) groups excluding carboxylic acids is 1. The van der Waals surface area contributed by atoms with Crippen molar-refractivity contribution in [3.8, 4) is 5.75 Å². The summed E-state index contributed by atoms with van der Waals surface area (Å²) >= 11 is 0. The lowest BCUT2D eigenvalue weighted by molar-refractivity contribution is -0.137. The molecule has 1 amide bonds. The topological polar surface area (TPSA) is 75.6 Å². The van der Waals surface area contributed by atoms with Crippen LogP contribution < -0.4 is 10.1 Å². The highest BCUT2D eigenvalue weighted by atomic mass is 16.5. The van der Waals surface area contributed by atoms with E-state index in [4.69, 9.17) is 9.84 Å². The molecule has 0 fully saturated rings. The molecule has 0 bridgehead atoms. The van der Waals surface area contributed by atoms with Gasteiger partial charge in [-0.25, -0.2) is 0 Å². The van der Waals surface area contributed by atoms with Crippen LogP contribution in [0.4, 0.5) is 5.69 Å². The lowest BCUT2D eigenvalue weighted by Crippen LogP contribution is -2.20. The van der Waals surface area contributed by atoms with Crippen LogP contribution in [-0.4, -0.2) is 23.6 Å². The fourth-order valence-corrected chi connectivity index (χ4v) is 2.37. The summed E-state index contributed by atoms with van der Waals surface area (Å²) in [5, 5.41) is 11.5. The third-order valence-electron chi connectivity index (χ3n) is 3.73. The first kappa shape index (κ1) is 18.5. The summed E-state index contributed by atoms with van der Waals surface area (Å²) in [6, 6.07) is 14.9. The minimum Gasteiger partial charge on any atom is -0.484 e. The molecule has 0 unspecified atom stereocenters. The number of rotatable bonds is 8. The van der Waals surface area contributed by atoms with E-state index >= 15 is 0 Å². The Labute approximate surface area is 147 Å². The van der Waals surface area contributed by atoms with E-state index in [9.17, 15) is 9.59 Å². The van der Waals surface area contributed by atoms with Crippen LogP contribution in [0.15, 0.2) is 48.5 Å². The van der Waals surface area contributed by atoms with Crippen molar-refractivity contribution in [3.63, 3.8) is 0 Å². The summed E-state index contributed by atoms with van der Waals surface area (Å²) in [7, 11) is 0. The van der Waals surface area contributed by atoms with Crippen molar-refractivity contribution in [1.82, 2.24) is 0 Å². The second-order valence-corrected chi connectivity index (χ2v) is 6.16. The number of amides is 1. The van der Waals surface area contributed by atoms with Crippen LogP contribution in [0.25, 0.3) is 0 Å². The van der Waals surface area contributed by atoms with E-state index in [0.717, 1.165) is 11.1 Å². The second kappa shape index (κ2) is 8.87. The Hall–Kier alpha value is -2.82. The van der Waals surface area contributed by atoms with Crippen LogP contribution in [0.5, 0.6) is 5.75 Å². The summed E-state index contributed by atoms with van der Waals surface area (Å²) < 4.78 is 5.55. The number of aryl methyl sites for hydroxylation is 1. The second-order valence-electron chi connectivity index (χ2n) is 6.16. The molecular weight excluding hydrogens is 318 g/mol. The van der Waals surface area contributed by atoms with E-state index in [0.29, 0.717) is 23.8 Å². The zero-order chi connectivity index (χ0) is 18.2. The first-order valence-corrected chi connectivity index (χ1v) is 8.27. The molecule has 0 aromatic heterocycles. The third-order valence-corrected chi connectivity index (χ3v) is 3.73. The first-order chi connectivity index (χ1) is 11.9. The fraction of sp³-hybridized carbons (Fsp3) is 0.300. The van der Waals surface area contributed by atoms with Crippen molar-refractivity contribution in [3.05, 3.63) is 59.7 Å². The SMILES string of the molecule is CC(C)c1cccc(OCC(=O)Nc2cccc(CCC(=O)O)c2)c1. The molecule has 2 aromatic carbocycles. The molecule has 0 atom stereocenters. The quantitative estimate of drug-likeness (QED) is 0.765. The lowest BCUT2D eigenvalue weighted by Gasteiger charge is -2.11. The number of hydrogen-bond acceptors (Lipinski definition) is 3. The molecule has 25 heavy (non-hydrogen) atoms. The molecule has 0 spiro atoms. The molecule has 0 saturated carbocycles. The van der Waals surface area contributed by atoms with Gasteiger partial charge in [0.15, 0.2) is 6.61 Å². The normalized spacial score (nSPS) is 10.5. The van der Waals surface area contributed by atoms with E-state index in [1.807, 2.05) is 30.3 Å². The van der Waals surface area contributed by atoms with Gasteiger partial charge < -0.3 is 15.2 Å². The Bertz CT molecular complexity index is 740. The van der Waals surface area contributed by atoms with Crippen molar-refractivity contribution in [2.45, 2.75) is 32.6 Å². The van der Waals surface area contributed by atoms with Gasteiger partial charge in [0.1, 0.15) is 5.75 Å². The molecule has 2 rings (SSSR count). The zero-order valence-corrected chi connectivity index (χ0v) is 14.5. The van der Waals surface area contributed by atoms with Crippen molar-refractivity contribution in [2.24, 2.45) is 0 Å². The van der Waals surface area contributed by atoms with E-state index < -0.39 is 5.97 Å². The van der Waals surface area contributed by atoms with Gasteiger partial charge in [0.05, 0.1) is 0 Å². The minimum atomic E-state index is -0.841. The van der Waals surface area contributed by atoms with Crippen LogP contribution in [-0.2, 0) is 16.0 Å². The third kappa shape index (κ3) is 6.30. The van der Waals surface area contributed by atoms with Gasteiger partial charge in [-0.3, -0.25) is 9.59 Å². The largest absolute Gasteiger partial charge is 0.484 e. The van der Waals surface area contributed by atoms with E-state index in [2.05, 4.69) is 19.2 Å². The number of carbonyl (C=O) groups is 2. The number of benzene rings is 2. The number of ether oxygens (including phenoxy) is 1. The Morgan fingerprint density at radius 3 is 2.60 bits per heavy atom. The lowest BCUT2D eigenvalue weighted by atomic mass is 10.0. The van der Waals surface area contributed by atoms with Crippen LogP contribution >= 0.6 is 0 Å². The fourth-order valence-electron chi connectivity index (χ4n) is 2.37. The van der Waals surface area contributed by atoms with Crippen molar-refractivity contribution < 1.29 is 19.4 Å². The number of carboxylic acids is 1. The Kier molecular flexibility index (Phi) is 6.57. The summed E-state index contributed by atoms with van der Waals surface area (Å²) in [5.74, 6) is -0.0423. The number of hydrogen-bond donors (Lipinski definition) is 2. The summed E-state index contributed by atoms with van der Waals surface area (Å²) in [5.41, 5.74) is 2.65. The molecule has 0 aliphatic heterocycles. The average molecular weight is 341 g/mol. The highest BCUT2D eigenvalue weighted by Crippen LogP contribution is 2.20. The highest BCUT2D eigenvalue weighted by Gasteiger charge is 2.07. The Balaban J connectivity index is 1.89. The van der Waals surface area contributed by atoms with Gasteiger partial charge in [0, 0.05) is 12.1 Å². The van der Waals surface area contributed by atoms with Gasteiger partial charge in [0.25, 0.3) is 5.91 Å². The number of aliphatic carboxylic acids is 1. The van der Waals surface area contributed by atoms with Gasteiger partial charge in [-0.05, 0) is 47.7 Å². The van der Waals surface area contributed by atoms with E-state index in [1.165, 1.54) is 0 Å². The Morgan fingerprint density at radius 2 is 1.88 bits per heavy atom. The number of nitrogens with one attached hydrogen (secondary N) is 1. The van der Waals surface area contributed by atoms with E-state index in [1.54, 1.807) is 18.2 Å². The molecule has 132 valence electrons. The van der Waals surface area contributed by atoms with Crippen LogP contribution in [0.1, 0.15) is 37.3 Å². The molecule has 0 aliphatic rings. The Morgan fingerprint density at radius 1 is 1.12 bits per heavy atom. The first-order valence-electron chi connectivity index (χ1n) is 8.27. The maximum atomic E-state index is 12.1. The molecule has 0 aliphatic carbocycles. The van der Waals surface area contributed by atoms with Crippen LogP contribution in [0.2, 0.25) is 0 Å². The minimum absolute atomic E-state index is 0.0622. The summed E-state index contributed by atoms with van der Waals surface area (Å²) in [6.45, 7) is 4.12. The number of anilines is 1. The van der Waals surface area contributed by atoms with Gasteiger partial charge in [-0.2, -0.15) is 0 Å². The van der Waals surface area contributed by atoms with Crippen LogP contribution in [0, 0.1) is 0 Å². The smallest absolute Gasteiger partial charge is 0.303 e. The predicted octanol–water partition coefficient (Wildman–Crippen LogP) is 3.84. The standard InChI is InChI=1S/C20H23NO4/c1-14(2)16-6-4-8-18(12-16)25-13-19(22)21-17-7-3-5-15(11-17)9-10-20(23)24/h3-8,11-12,14H,9-10,13H2,1-2H3,(H,21,22)(H,23,24). The predicted molar refractivity (Wildman–Crippen MR) is 97.1 cm³/mol. The average Bonchev–Trinajstić information content (AvgIpc) is 2.59. The van der Waals surface area contributed by atoms with Gasteiger partial charge in [-0.15, -0.1) is 0 Å². The van der Waals surface area contributed by atoms with Crippen LogP contribution in [0.3, 0.4) is 0 Å². The van der Waals surface area contributed by atoms with E-state index in [-0.39, 0.29) is 18.9 Å². The molecule has 0 radical (unpaired) electrons. The zero-order valence-electron chi connectivity index (χ0n) is 14.5. The van der Waals surface area contributed by atoms with Gasteiger partial charge in [-0.1, -0.05) is 38.1 Å². The maximum absolute atomic E-state index is 12.1. The maximum Gasteiger partial charge on any atom is 0.303 e. The highest BCUT2D eigenvalue weighted by molar-refractivity contribution is 5.91. The molecule has 5 heteroatoms.